The van der Waals surface area contributed by atoms with Gasteiger partial charge in [0.05, 0.1) is 17.7 Å². The fourth-order valence-corrected chi connectivity index (χ4v) is 4.61. The second-order valence-electron chi connectivity index (χ2n) is 8.78. The Morgan fingerprint density at radius 3 is 2.71 bits per heavy atom. The molecule has 28 heavy (non-hydrogen) atoms. The molecular weight excluding hydrogens is 384 g/mol. The monoisotopic (exact) mass is 408 g/mol. The molecule has 152 valence electrons. The van der Waals surface area contributed by atoms with Crippen molar-refractivity contribution in [2.24, 2.45) is 0 Å². The molecule has 8 nitrogen and oxygen atoms in total. The van der Waals surface area contributed by atoms with Gasteiger partial charge >= 0.3 is 6.09 Å². The lowest BCUT2D eigenvalue weighted by atomic mass is 9.61. The summed E-state index contributed by atoms with van der Waals surface area (Å²) < 4.78 is 18.8. The summed E-state index contributed by atoms with van der Waals surface area (Å²) in [5.41, 5.74) is -0.598. The highest BCUT2D eigenvalue weighted by Gasteiger charge is 2.63. The highest BCUT2D eigenvalue weighted by Crippen LogP contribution is 2.54. The van der Waals surface area contributed by atoms with E-state index in [0.717, 1.165) is 23.9 Å². The van der Waals surface area contributed by atoms with E-state index in [1.165, 1.54) is 0 Å². The van der Waals surface area contributed by atoms with Gasteiger partial charge in [0.1, 0.15) is 12.4 Å². The highest BCUT2D eigenvalue weighted by molar-refractivity contribution is 6.29. The van der Waals surface area contributed by atoms with Crippen LogP contribution in [0.3, 0.4) is 0 Å². The van der Waals surface area contributed by atoms with Crippen molar-refractivity contribution in [3.63, 3.8) is 0 Å². The molecule has 2 aromatic heterocycles. The molecule has 2 bridgehead atoms. The molecule has 0 radical (unpaired) electrons. The van der Waals surface area contributed by atoms with Crippen LogP contribution in [0.1, 0.15) is 33.6 Å². The Labute approximate surface area is 168 Å². The number of fused-ring (bicyclic) bond motifs is 3. The number of aromatic nitrogens is 3. The number of amides is 1. The molecule has 0 spiro atoms. The van der Waals surface area contributed by atoms with Gasteiger partial charge < -0.3 is 23.7 Å². The number of methoxy groups -OCH3 is 1. The van der Waals surface area contributed by atoms with Gasteiger partial charge in [0.25, 0.3) is 0 Å². The van der Waals surface area contributed by atoms with Gasteiger partial charge in [-0.3, -0.25) is 0 Å². The number of hydrogen-bond donors (Lipinski definition) is 0. The maximum Gasteiger partial charge on any atom is 0.410 e. The second-order valence-corrected chi connectivity index (χ2v) is 9.17. The SMILES string of the molecule is COCOC12CN(C(=O)OC(C)(C)C)CC(n3ccc4cc(Cl)nnc43)(C1)C2. The average molecular weight is 409 g/mol. The zero-order chi connectivity index (χ0) is 20.2. The zero-order valence-corrected chi connectivity index (χ0v) is 17.3. The lowest BCUT2D eigenvalue weighted by molar-refractivity contribution is -0.239. The van der Waals surface area contributed by atoms with Crippen molar-refractivity contribution in [3.8, 4) is 0 Å². The quantitative estimate of drug-likeness (QED) is 0.723. The van der Waals surface area contributed by atoms with E-state index in [0.29, 0.717) is 18.2 Å². The maximum atomic E-state index is 12.8. The Balaban J connectivity index is 1.66. The minimum atomic E-state index is -0.561. The maximum absolute atomic E-state index is 12.8. The van der Waals surface area contributed by atoms with E-state index in [1.54, 1.807) is 18.1 Å². The van der Waals surface area contributed by atoms with E-state index in [9.17, 15) is 4.79 Å². The Kier molecular flexibility index (Phi) is 4.56. The van der Waals surface area contributed by atoms with E-state index in [2.05, 4.69) is 14.8 Å². The Morgan fingerprint density at radius 1 is 1.29 bits per heavy atom. The summed E-state index contributed by atoms with van der Waals surface area (Å²) >= 11 is 5.98. The first-order valence-electron chi connectivity index (χ1n) is 9.27. The van der Waals surface area contributed by atoms with Crippen molar-refractivity contribution in [2.45, 2.75) is 50.4 Å². The largest absolute Gasteiger partial charge is 0.444 e. The summed E-state index contributed by atoms with van der Waals surface area (Å²) in [5.74, 6) is 0. The third-order valence-corrected chi connectivity index (χ3v) is 5.50. The summed E-state index contributed by atoms with van der Waals surface area (Å²) in [6, 6.07) is 3.76. The third kappa shape index (κ3) is 3.33. The number of carbonyl (C=O) groups is 1. The van der Waals surface area contributed by atoms with Crippen molar-refractivity contribution in [3.05, 3.63) is 23.5 Å². The van der Waals surface area contributed by atoms with Gasteiger partial charge in [0.15, 0.2) is 10.8 Å². The number of carbonyl (C=O) groups excluding carboxylic acids is 1. The fourth-order valence-electron chi connectivity index (χ4n) is 4.46. The molecule has 0 atom stereocenters. The molecule has 0 aromatic carbocycles. The van der Waals surface area contributed by atoms with Crippen molar-refractivity contribution in [2.75, 3.05) is 27.0 Å². The zero-order valence-electron chi connectivity index (χ0n) is 16.6. The van der Waals surface area contributed by atoms with Crippen LogP contribution in [-0.4, -0.2) is 64.0 Å². The molecule has 2 aromatic rings. The van der Waals surface area contributed by atoms with E-state index in [-0.39, 0.29) is 18.4 Å². The predicted molar refractivity (Wildman–Crippen MR) is 103 cm³/mol. The first kappa shape index (κ1) is 19.4. The summed E-state index contributed by atoms with van der Waals surface area (Å²) in [7, 11) is 1.59. The molecule has 0 N–H and O–H groups in total. The molecule has 1 saturated carbocycles. The smallest absolute Gasteiger partial charge is 0.410 e. The van der Waals surface area contributed by atoms with Crippen LogP contribution in [0.5, 0.6) is 0 Å². The topological polar surface area (TPSA) is 78.7 Å². The first-order chi connectivity index (χ1) is 13.2. The van der Waals surface area contributed by atoms with Gasteiger partial charge in [-0.1, -0.05) is 11.6 Å². The Hall–Kier alpha value is -1.90. The molecule has 4 heterocycles. The third-order valence-electron chi connectivity index (χ3n) is 5.32. The Morgan fingerprint density at radius 2 is 2.04 bits per heavy atom. The van der Waals surface area contributed by atoms with Crippen molar-refractivity contribution >= 4 is 28.7 Å². The van der Waals surface area contributed by atoms with Crippen LogP contribution >= 0.6 is 11.6 Å². The molecule has 0 unspecified atom stereocenters. The lowest BCUT2D eigenvalue weighted by Crippen LogP contribution is -2.73. The first-order valence-corrected chi connectivity index (χ1v) is 9.65. The van der Waals surface area contributed by atoms with E-state index >= 15 is 0 Å². The number of piperidine rings is 2. The van der Waals surface area contributed by atoms with Crippen LogP contribution in [0.4, 0.5) is 4.79 Å². The standard InChI is InChI=1S/C19H25ClN4O4/c1-17(2,3)28-16(25)23-10-18(8-19(9-18,11-23)27-12-26-4)24-6-5-13-7-14(20)21-22-15(13)24/h5-7H,8-12H2,1-4H3. The molecule has 2 saturated heterocycles. The molecular formula is C19H25ClN4O4. The van der Waals surface area contributed by atoms with E-state index in [1.807, 2.05) is 33.0 Å². The van der Waals surface area contributed by atoms with Gasteiger partial charge in [0, 0.05) is 38.1 Å². The van der Waals surface area contributed by atoms with E-state index in [4.69, 9.17) is 25.8 Å². The summed E-state index contributed by atoms with van der Waals surface area (Å²) in [6.07, 6.45) is 3.16. The van der Waals surface area contributed by atoms with Crippen molar-refractivity contribution in [1.82, 2.24) is 19.7 Å². The summed E-state index contributed by atoms with van der Waals surface area (Å²) in [5, 5.41) is 9.54. The molecule has 3 fully saturated rings. The lowest BCUT2D eigenvalue weighted by Gasteiger charge is -2.62. The number of rotatable bonds is 4. The highest BCUT2D eigenvalue weighted by atomic mass is 35.5. The van der Waals surface area contributed by atoms with Crippen LogP contribution in [0.25, 0.3) is 11.0 Å². The molecule has 5 rings (SSSR count). The van der Waals surface area contributed by atoms with Crippen molar-refractivity contribution < 1.29 is 19.0 Å². The van der Waals surface area contributed by atoms with Crippen LogP contribution in [-0.2, 0) is 19.7 Å². The molecule has 3 aliphatic rings. The van der Waals surface area contributed by atoms with Gasteiger partial charge in [-0.25, -0.2) is 4.79 Å². The van der Waals surface area contributed by atoms with Crippen molar-refractivity contribution in [1.29, 1.82) is 0 Å². The normalized spacial score (nSPS) is 27.0. The van der Waals surface area contributed by atoms with Gasteiger partial charge in [-0.15, -0.1) is 10.2 Å². The van der Waals surface area contributed by atoms with Gasteiger partial charge in [-0.05, 0) is 32.9 Å². The van der Waals surface area contributed by atoms with Gasteiger partial charge in [-0.2, -0.15) is 0 Å². The minimum absolute atomic E-state index is 0.181. The predicted octanol–water partition coefficient (Wildman–Crippen LogP) is 3.18. The Bertz CT molecular complexity index is 901. The number of hydrogen-bond acceptors (Lipinski definition) is 6. The average Bonchev–Trinajstić information content (AvgIpc) is 3.01. The second kappa shape index (κ2) is 6.57. The van der Waals surface area contributed by atoms with Crippen LogP contribution in [0, 0.1) is 0 Å². The fraction of sp³-hybridized carbons (Fsp3) is 0.632. The molecule has 2 aliphatic heterocycles. The molecule has 1 amide bonds. The minimum Gasteiger partial charge on any atom is -0.444 e. The van der Waals surface area contributed by atoms with Crippen LogP contribution in [0.2, 0.25) is 5.15 Å². The number of ether oxygens (including phenoxy) is 3. The molecule has 9 heteroatoms. The van der Waals surface area contributed by atoms with Crippen LogP contribution < -0.4 is 0 Å². The number of nitrogens with zero attached hydrogens (tertiary/aromatic N) is 4. The molecule has 1 aliphatic carbocycles. The summed E-state index contributed by atoms with van der Waals surface area (Å²) in [6.45, 7) is 6.77. The summed E-state index contributed by atoms with van der Waals surface area (Å²) in [4.78, 5) is 14.5. The van der Waals surface area contributed by atoms with Gasteiger partial charge in [0.2, 0.25) is 0 Å². The number of halogens is 1. The van der Waals surface area contributed by atoms with E-state index < -0.39 is 11.2 Å². The van der Waals surface area contributed by atoms with Crippen LogP contribution in [0.15, 0.2) is 18.3 Å².